The first-order valence-electron chi connectivity index (χ1n) is 7.21. The standard InChI is InChI=1S/C16H14ClN3O4/c1-9(10-4-2-3-5-11(10)17)18-12-6-13-15(7-14(12)20(22)23)24-8-16(21)19-13/h2-7,9,18H,8H2,1H3,(H,19,21). The summed E-state index contributed by atoms with van der Waals surface area (Å²) >= 11 is 6.17. The summed E-state index contributed by atoms with van der Waals surface area (Å²) in [5.74, 6) is -0.0290. The second-order valence-electron chi connectivity index (χ2n) is 5.35. The number of nitro benzene ring substituents is 1. The van der Waals surface area contributed by atoms with Crippen LogP contribution in [0.25, 0.3) is 0 Å². The minimum Gasteiger partial charge on any atom is -0.481 e. The van der Waals surface area contributed by atoms with Gasteiger partial charge in [-0.15, -0.1) is 0 Å². The fourth-order valence-corrected chi connectivity index (χ4v) is 2.82. The predicted molar refractivity (Wildman–Crippen MR) is 90.7 cm³/mol. The van der Waals surface area contributed by atoms with E-state index >= 15 is 0 Å². The Morgan fingerprint density at radius 2 is 2.12 bits per heavy atom. The number of ether oxygens (including phenoxy) is 1. The van der Waals surface area contributed by atoms with Crippen molar-refractivity contribution >= 4 is 34.6 Å². The summed E-state index contributed by atoms with van der Waals surface area (Å²) in [7, 11) is 0. The molecule has 7 nitrogen and oxygen atoms in total. The van der Waals surface area contributed by atoms with Crippen molar-refractivity contribution < 1.29 is 14.5 Å². The molecule has 0 radical (unpaired) electrons. The molecule has 1 atom stereocenters. The fourth-order valence-electron chi connectivity index (χ4n) is 2.52. The van der Waals surface area contributed by atoms with Crippen molar-refractivity contribution in [3.05, 3.63) is 57.1 Å². The van der Waals surface area contributed by atoms with Crippen LogP contribution < -0.4 is 15.4 Å². The number of hydrogen-bond acceptors (Lipinski definition) is 5. The summed E-state index contributed by atoms with van der Waals surface area (Å²) in [5, 5.41) is 17.6. The van der Waals surface area contributed by atoms with Crippen molar-refractivity contribution in [1.82, 2.24) is 0 Å². The van der Waals surface area contributed by atoms with E-state index in [-0.39, 0.29) is 35.7 Å². The minimum absolute atomic E-state index is 0.135. The summed E-state index contributed by atoms with van der Waals surface area (Å²) in [6.45, 7) is 1.69. The van der Waals surface area contributed by atoms with E-state index in [9.17, 15) is 14.9 Å². The van der Waals surface area contributed by atoms with E-state index in [2.05, 4.69) is 10.6 Å². The van der Waals surface area contributed by atoms with Crippen LogP contribution in [-0.2, 0) is 4.79 Å². The number of amides is 1. The first-order chi connectivity index (χ1) is 11.5. The zero-order chi connectivity index (χ0) is 17.3. The lowest BCUT2D eigenvalue weighted by Gasteiger charge is -2.21. The third-order valence-electron chi connectivity index (χ3n) is 3.67. The Balaban J connectivity index is 1.97. The number of benzene rings is 2. The molecule has 1 aliphatic rings. The number of hydrogen-bond donors (Lipinski definition) is 2. The largest absolute Gasteiger partial charge is 0.481 e. The second kappa shape index (κ2) is 6.37. The Morgan fingerprint density at radius 1 is 1.38 bits per heavy atom. The zero-order valence-electron chi connectivity index (χ0n) is 12.7. The van der Waals surface area contributed by atoms with Gasteiger partial charge in [0.15, 0.2) is 12.4 Å². The van der Waals surface area contributed by atoms with Crippen LogP contribution in [0.1, 0.15) is 18.5 Å². The van der Waals surface area contributed by atoms with Crippen LogP contribution in [0.3, 0.4) is 0 Å². The summed E-state index contributed by atoms with van der Waals surface area (Å²) in [5.41, 5.74) is 1.35. The van der Waals surface area contributed by atoms with Gasteiger partial charge in [0, 0.05) is 5.02 Å². The molecule has 0 saturated heterocycles. The summed E-state index contributed by atoms with van der Waals surface area (Å²) < 4.78 is 5.22. The van der Waals surface area contributed by atoms with Gasteiger partial charge >= 0.3 is 0 Å². The molecule has 1 aliphatic heterocycles. The van der Waals surface area contributed by atoms with Gasteiger partial charge < -0.3 is 15.4 Å². The molecule has 0 spiro atoms. The topological polar surface area (TPSA) is 93.5 Å². The van der Waals surface area contributed by atoms with E-state index in [1.807, 2.05) is 25.1 Å². The second-order valence-corrected chi connectivity index (χ2v) is 5.75. The van der Waals surface area contributed by atoms with Crippen LogP contribution >= 0.6 is 11.6 Å². The maximum Gasteiger partial charge on any atom is 0.296 e. The zero-order valence-corrected chi connectivity index (χ0v) is 13.5. The average molecular weight is 348 g/mol. The minimum atomic E-state index is -0.498. The normalized spacial score (nSPS) is 14.2. The van der Waals surface area contributed by atoms with Crippen molar-refractivity contribution in [2.75, 3.05) is 17.2 Å². The Kier molecular flexibility index (Phi) is 4.26. The van der Waals surface area contributed by atoms with Crippen LogP contribution in [0, 0.1) is 10.1 Å². The number of carbonyl (C=O) groups is 1. The van der Waals surface area contributed by atoms with Crippen molar-refractivity contribution in [1.29, 1.82) is 0 Å². The predicted octanol–water partition coefficient (Wildman–Crippen LogP) is 3.75. The highest BCUT2D eigenvalue weighted by molar-refractivity contribution is 6.31. The molecular formula is C16H14ClN3O4. The molecule has 1 heterocycles. The highest BCUT2D eigenvalue weighted by atomic mass is 35.5. The molecule has 2 N–H and O–H groups in total. The fraction of sp³-hybridized carbons (Fsp3) is 0.188. The average Bonchev–Trinajstić information content (AvgIpc) is 2.54. The maximum absolute atomic E-state index is 11.4. The molecule has 2 aromatic rings. The molecule has 0 aromatic heterocycles. The van der Waals surface area contributed by atoms with Gasteiger partial charge in [-0.05, 0) is 24.6 Å². The molecule has 0 bridgehead atoms. The maximum atomic E-state index is 11.4. The van der Waals surface area contributed by atoms with Crippen molar-refractivity contribution in [3.63, 3.8) is 0 Å². The molecule has 2 aromatic carbocycles. The van der Waals surface area contributed by atoms with Crippen LogP contribution in [0.5, 0.6) is 5.75 Å². The van der Waals surface area contributed by atoms with Gasteiger partial charge in [-0.3, -0.25) is 14.9 Å². The lowest BCUT2D eigenvalue weighted by Crippen LogP contribution is -2.25. The Bertz CT molecular complexity index is 825. The third kappa shape index (κ3) is 3.11. The Hall–Kier alpha value is -2.80. The molecular weight excluding hydrogens is 334 g/mol. The van der Waals surface area contributed by atoms with Crippen LogP contribution in [-0.4, -0.2) is 17.4 Å². The van der Waals surface area contributed by atoms with Crippen molar-refractivity contribution in [3.8, 4) is 5.75 Å². The molecule has 8 heteroatoms. The van der Waals surface area contributed by atoms with E-state index in [0.29, 0.717) is 10.7 Å². The quantitative estimate of drug-likeness (QED) is 0.649. The molecule has 0 saturated carbocycles. The first-order valence-corrected chi connectivity index (χ1v) is 7.59. The number of nitro groups is 1. The van der Waals surface area contributed by atoms with Gasteiger partial charge in [0.1, 0.15) is 5.69 Å². The van der Waals surface area contributed by atoms with Crippen molar-refractivity contribution in [2.45, 2.75) is 13.0 Å². The van der Waals surface area contributed by atoms with Crippen LogP contribution in [0.15, 0.2) is 36.4 Å². The van der Waals surface area contributed by atoms with Gasteiger partial charge in [-0.1, -0.05) is 29.8 Å². The Morgan fingerprint density at radius 3 is 2.83 bits per heavy atom. The molecule has 1 unspecified atom stereocenters. The first kappa shape index (κ1) is 16.1. The smallest absolute Gasteiger partial charge is 0.296 e. The molecule has 124 valence electrons. The third-order valence-corrected chi connectivity index (χ3v) is 4.02. The van der Waals surface area contributed by atoms with Crippen LogP contribution in [0.2, 0.25) is 5.02 Å². The van der Waals surface area contributed by atoms with Crippen molar-refractivity contribution in [2.24, 2.45) is 0 Å². The van der Waals surface area contributed by atoms with Gasteiger partial charge in [0.2, 0.25) is 0 Å². The molecule has 1 amide bonds. The molecule has 0 aliphatic carbocycles. The number of nitrogens with zero attached hydrogens (tertiary/aromatic N) is 1. The number of halogens is 1. The molecule has 0 fully saturated rings. The summed E-state index contributed by atoms with van der Waals surface area (Å²) in [6, 6.07) is 9.78. The highest BCUT2D eigenvalue weighted by Crippen LogP contribution is 2.39. The lowest BCUT2D eigenvalue weighted by atomic mass is 10.1. The van der Waals surface area contributed by atoms with Crippen LogP contribution in [0.4, 0.5) is 17.1 Å². The SMILES string of the molecule is CC(Nc1cc2c(cc1[N+](=O)[O-])OCC(=O)N2)c1ccccc1Cl. The summed E-state index contributed by atoms with van der Waals surface area (Å²) in [6.07, 6.45) is 0. The van der Waals surface area contributed by atoms with Gasteiger partial charge in [0.05, 0.1) is 22.7 Å². The number of nitrogens with one attached hydrogen (secondary N) is 2. The lowest BCUT2D eigenvalue weighted by molar-refractivity contribution is -0.384. The summed E-state index contributed by atoms with van der Waals surface area (Å²) in [4.78, 5) is 22.3. The van der Waals surface area contributed by atoms with E-state index in [4.69, 9.17) is 16.3 Å². The van der Waals surface area contributed by atoms with E-state index < -0.39 is 4.92 Å². The number of carbonyl (C=O) groups excluding carboxylic acids is 1. The number of rotatable bonds is 4. The monoisotopic (exact) mass is 347 g/mol. The molecule has 3 rings (SSSR count). The van der Waals surface area contributed by atoms with Gasteiger partial charge in [-0.25, -0.2) is 0 Å². The van der Waals surface area contributed by atoms with E-state index in [1.54, 1.807) is 6.07 Å². The highest BCUT2D eigenvalue weighted by Gasteiger charge is 2.25. The van der Waals surface area contributed by atoms with Gasteiger partial charge in [0.25, 0.3) is 11.6 Å². The number of fused-ring (bicyclic) bond motifs is 1. The molecule has 24 heavy (non-hydrogen) atoms. The van der Waals surface area contributed by atoms with Gasteiger partial charge in [-0.2, -0.15) is 0 Å². The van der Waals surface area contributed by atoms with E-state index in [1.165, 1.54) is 12.1 Å². The Labute approximate surface area is 142 Å². The number of anilines is 2. The van der Waals surface area contributed by atoms with E-state index in [0.717, 1.165) is 5.56 Å².